The molecule has 0 radical (unpaired) electrons. The molecule has 1 atom stereocenters. The molecule has 2 nitrogen and oxygen atoms in total. The molecule has 1 fully saturated rings. The first-order valence-corrected chi connectivity index (χ1v) is 5.45. The lowest BCUT2D eigenvalue weighted by Gasteiger charge is -2.27. The molecule has 1 saturated carbocycles. The fourth-order valence-electron chi connectivity index (χ4n) is 1.26. The van der Waals surface area contributed by atoms with Crippen molar-refractivity contribution in [1.82, 2.24) is 5.32 Å². The fraction of sp³-hybridized carbons (Fsp3) is 1.00. The topological polar surface area (TPSA) is 32.3 Å². The molecule has 0 bridgehead atoms. The molecule has 78 valence electrons. The molecule has 1 aliphatic rings. The van der Waals surface area contributed by atoms with Crippen LogP contribution in [0.3, 0.4) is 0 Å². The van der Waals surface area contributed by atoms with Gasteiger partial charge in [-0.3, -0.25) is 0 Å². The largest absolute Gasteiger partial charge is 0.389 e. The van der Waals surface area contributed by atoms with E-state index < -0.39 is 5.60 Å². The zero-order valence-electron chi connectivity index (χ0n) is 9.14. The van der Waals surface area contributed by atoms with E-state index in [2.05, 4.69) is 19.2 Å². The molecule has 1 unspecified atom stereocenters. The Kier molecular flexibility index (Phi) is 3.74. The quantitative estimate of drug-likeness (QED) is 0.618. The molecule has 0 heterocycles. The summed E-state index contributed by atoms with van der Waals surface area (Å²) in [5, 5.41) is 13.2. The average molecular weight is 185 g/mol. The van der Waals surface area contributed by atoms with Crippen LogP contribution in [0.5, 0.6) is 0 Å². The van der Waals surface area contributed by atoms with E-state index in [1.165, 1.54) is 19.3 Å². The molecule has 0 amide bonds. The summed E-state index contributed by atoms with van der Waals surface area (Å²) in [6, 6.07) is 0. The number of hydrogen-bond donors (Lipinski definition) is 2. The highest BCUT2D eigenvalue weighted by Crippen LogP contribution is 2.31. The highest BCUT2D eigenvalue weighted by molar-refractivity contribution is 4.80. The van der Waals surface area contributed by atoms with Gasteiger partial charge in [-0.25, -0.2) is 0 Å². The van der Waals surface area contributed by atoms with E-state index in [-0.39, 0.29) is 0 Å². The molecule has 2 N–H and O–H groups in total. The minimum absolute atomic E-state index is 0.320. The number of nitrogens with one attached hydrogen (secondary N) is 1. The van der Waals surface area contributed by atoms with Crippen molar-refractivity contribution in [3.63, 3.8) is 0 Å². The van der Waals surface area contributed by atoms with Gasteiger partial charge in [0.05, 0.1) is 5.60 Å². The van der Waals surface area contributed by atoms with E-state index in [0.29, 0.717) is 5.92 Å². The maximum Gasteiger partial charge on any atom is 0.0766 e. The van der Waals surface area contributed by atoms with Crippen LogP contribution in [0.4, 0.5) is 0 Å². The lowest BCUT2D eigenvalue weighted by Crippen LogP contribution is -2.42. The van der Waals surface area contributed by atoms with Crippen LogP contribution < -0.4 is 5.32 Å². The predicted octanol–water partition coefficient (Wildman–Crippen LogP) is 1.78. The Hall–Kier alpha value is -0.0800. The van der Waals surface area contributed by atoms with Crippen LogP contribution in [-0.2, 0) is 0 Å². The van der Waals surface area contributed by atoms with Crippen molar-refractivity contribution in [3.05, 3.63) is 0 Å². The van der Waals surface area contributed by atoms with Crippen molar-refractivity contribution in [1.29, 1.82) is 0 Å². The summed E-state index contributed by atoms with van der Waals surface area (Å²) >= 11 is 0. The van der Waals surface area contributed by atoms with Crippen LogP contribution in [-0.4, -0.2) is 23.8 Å². The van der Waals surface area contributed by atoms with Gasteiger partial charge in [0.1, 0.15) is 0 Å². The monoisotopic (exact) mass is 185 g/mol. The molecule has 0 spiro atoms. The smallest absolute Gasteiger partial charge is 0.0766 e. The lowest BCUT2D eigenvalue weighted by molar-refractivity contribution is 0.0143. The maximum atomic E-state index is 9.91. The summed E-state index contributed by atoms with van der Waals surface area (Å²) in [6.07, 6.45) is 4.12. The van der Waals surface area contributed by atoms with Crippen LogP contribution in [0, 0.1) is 11.8 Å². The summed E-state index contributed by atoms with van der Waals surface area (Å²) in [4.78, 5) is 0. The Morgan fingerprint density at radius 1 is 1.46 bits per heavy atom. The SMILES string of the molecule is CC(C)C(C)(O)CNCCC1CC1. The van der Waals surface area contributed by atoms with Crippen molar-refractivity contribution < 1.29 is 5.11 Å². The third-order valence-corrected chi connectivity index (χ3v) is 3.15. The van der Waals surface area contributed by atoms with Crippen molar-refractivity contribution in [2.45, 2.75) is 45.6 Å². The number of aliphatic hydroxyl groups is 1. The third-order valence-electron chi connectivity index (χ3n) is 3.15. The van der Waals surface area contributed by atoms with Crippen molar-refractivity contribution >= 4 is 0 Å². The van der Waals surface area contributed by atoms with Gasteiger partial charge in [-0.1, -0.05) is 26.7 Å². The standard InChI is InChI=1S/C11H23NO/c1-9(2)11(3,13)8-12-7-6-10-4-5-10/h9-10,12-13H,4-8H2,1-3H3. The van der Waals surface area contributed by atoms with Crippen LogP contribution in [0.25, 0.3) is 0 Å². The molecule has 0 aromatic rings. The minimum Gasteiger partial charge on any atom is -0.389 e. The average Bonchev–Trinajstić information content (AvgIpc) is 2.81. The number of rotatable bonds is 6. The lowest BCUT2D eigenvalue weighted by atomic mass is 9.92. The third kappa shape index (κ3) is 4.10. The first-order chi connectivity index (χ1) is 6.02. The summed E-state index contributed by atoms with van der Waals surface area (Å²) in [5.74, 6) is 1.30. The molecule has 1 aliphatic carbocycles. The highest BCUT2D eigenvalue weighted by Gasteiger charge is 2.25. The van der Waals surface area contributed by atoms with Crippen molar-refractivity contribution in [3.8, 4) is 0 Å². The maximum absolute atomic E-state index is 9.91. The van der Waals surface area contributed by atoms with E-state index >= 15 is 0 Å². The van der Waals surface area contributed by atoms with Crippen molar-refractivity contribution in [2.24, 2.45) is 11.8 Å². The van der Waals surface area contributed by atoms with E-state index in [0.717, 1.165) is 19.0 Å². The molecule has 0 aromatic heterocycles. The molecule has 0 aliphatic heterocycles. The molecule has 1 rings (SSSR count). The fourth-order valence-corrected chi connectivity index (χ4v) is 1.26. The van der Waals surface area contributed by atoms with E-state index in [1.54, 1.807) is 0 Å². The molecular weight excluding hydrogens is 162 g/mol. The zero-order valence-corrected chi connectivity index (χ0v) is 9.14. The van der Waals surface area contributed by atoms with Gasteiger partial charge < -0.3 is 10.4 Å². The second kappa shape index (κ2) is 4.43. The van der Waals surface area contributed by atoms with E-state index in [9.17, 15) is 5.11 Å². The Morgan fingerprint density at radius 2 is 2.08 bits per heavy atom. The molecule has 0 saturated heterocycles. The van der Waals surface area contributed by atoms with Gasteiger partial charge >= 0.3 is 0 Å². The van der Waals surface area contributed by atoms with Gasteiger partial charge in [0.25, 0.3) is 0 Å². The Bertz CT molecular complexity index is 150. The molecule has 0 aromatic carbocycles. The summed E-state index contributed by atoms with van der Waals surface area (Å²) in [5.41, 5.74) is -0.552. The van der Waals surface area contributed by atoms with Crippen LogP contribution >= 0.6 is 0 Å². The predicted molar refractivity (Wildman–Crippen MR) is 55.7 cm³/mol. The van der Waals surface area contributed by atoms with Gasteiger partial charge in [-0.05, 0) is 31.7 Å². The first-order valence-electron chi connectivity index (χ1n) is 5.45. The van der Waals surface area contributed by atoms with Gasteiger partial charge in [0.2, 0.25) is 0 Å². The summed E-state index contributed by atoms with van der Waals surface area (Å²) < 4.78 is 0. The normalized spacial score (nSPS) is 21.9. The number of hydrogen-bond acceptors (Lipinski definition) is 2. The van der Waals surface area contributed by atoms with Gasteiger partial charge in [0.15, 0.2) is 0 Å². The second-order valence-electron chi connectivity index (χ2n) is 4.92. The zero-order chi connectivity index (χ0) is 9.90. The van der Waals surface area contributed by atoms with E-state index in [1.807, 2.05) is 6.92 Å². The van der Waals surface area contributed by atoms with Crippen molar-refractivity contribution in [2.75, 3.05) is 13.1 Å². The Morgan fingerprint density at radius 3 is 2.54 bits per heavy atom. The molecule has 2 heteroatoms. The van der Waals surface area contributed by atoms with E-state index in [4.69, 9.17) is 0 Å². The van der Waals surface area contributed by atoms with Gasteiger partial charge in [-0.2, -0.15) is 0 Å². The van der Waals surface area contributed by atoms with Crippen LogP contribution in [0.2, 0.25) is 0 Å². The Balaban J connectivity index is 2.02. The molecular formula is C11H23NO. The summed E-state index contributed by atoms with van der Waals surface area (Å²) in [7, 11) is 0. The Labute approximate surface area is 81.7 Å². The van der Waals surface area contributed by atoms with Crippen LogP contribution in [0.1, 0.15) is 40.0 Å². The highest BCUT2D eigenvalue weighted by atomic mass is 16.3. The van der Waals surface area contributed by atoms with Gasteiger partial charge in [0, 0.05) is 6.54 Å². The summed E-state index contributed by atoms with van der Waals surface area (Å²) in [6.45, 7) is 7.80. The van der Waals surface area contributed by atoms with Gasteiger partial charge in [-0.15, -0.1) is 0 Å². The van der Waals surface area contributed by atoms with Crippen LogP contribution in [0.15, 0.2) is 0 Å². The second-order valence-corrected chi connectivity index (χ2v) is 4.92. The molecule has 13 heavy (non-hydrogen) atoms. The first kappa shape index (κ1) is 11.0. The minimum atomic E-state index is -0.552.